The number of piperidine rings is 1. The number of aromatic nitrogens is 1. The Labute approximate surface area is 123 Å². The Morgan fingerprint density at radius 3 is 3.20 bits per heavy atom. The summed E-state index contributed by atoms with van der Waals surface area (Å²) in [7, 11) is 0. The van der Waals surface area contributed by atoms with E-state index in [1.807, 2.05) is 23.7 Å². The molecule has 1 aliphatic rings. The molecule has 0 bridgehead atoms. The lowest BCUT2D eigenvalue weighted by Crippen LogP contribution is -2.39. The van der Waals surface area contributed by atoms with Gasteiger partial charge in [-0.15, -0.1) is 11.3 Å². The summed E-state index contributed by atoms with van der Waals surface area (Å²) in [6.45, 7) is 2.07. The summed E-state index contributed by atoms with van der Waals surface area (Å²) in [6, 6.07) is 4.53. The molecule has 1 N–H and O–H groups in total. The third kappa shape index (κ3) is 3.11. The first-order valence-electron chi connectivity index (χ1n) is 7.20. The van der Waals surface area contributed by atoms with Crippen LogP contribution in [-0.4, -0.2) is 34.2 Å². The molecule has 0 amide bonds. The van der Waals surface area contributed by atoms with Crippen LogP contribution in [0.5, 0.6) is 0 Å². The molecule has 1 saturated heterocycles. The first kappa shape index (κ1) is 13.8. The smallest absolute Gasteiger partial charge is 0.209 e. The first-order valence-corrected chi connectivity index (χ1v) is 8.08. The van der Waals surface area contributed by atoms with Gasteiger partial charge in [0, 0.05) is 12.6 Å². The second kappa shape index (κ2) is 6.52. The maximum atomic E-state index is 9.17. The lowest BCUT2D eigenvalue weighted by atomic mass is 10.00. The van der Waals surface area contributed by atoms with Crippen LogP contribution in [0.1, 0.15) is 31.6 Å². The fraction of sp³-hybridized carbons (Fsp3) is 0.533. The van der Waals surface area contributed by atoms with Crippen LogP contribution in [-0.2, 0) is 6.54 Å². The van der Waals surface area contributed by atoms with E-state index < -0.39 is 0 Å². The van der Waals surface area contributed by atoms with Gasteiger partial charge in [0.15, 0.2) is 5.76 Å². The summed E-state index contributed by atoms with van der Waals surface area (Å²) in [5.41, 5.74) is 0. The SMILES string of the molecule is OCCC1CCCCN1Cc1ncc(-c2cccs2)o1. The number of hydrogen-bond acceptors (Lipinski definition) is 5. The number of aliphatic hydroxyl groups is 1. The molecule has 1 atom stereocenters. The molecule has 3 heterocycles. The van der Waals surface area contributed by atoms with Gasteiger partial charge >= 0.3 is 0 Å². The molecule has 0 saturated carbocycles. The highest BCUT2D eigenvalue weighted by Gasteiger charge is 2.23. The average Bonchev–Trinajstić information content (AvgIpc) is 3.12. The van der Waals surface area contributed by atoms with Crippen LogP contribution in [0.4, 0.5) is 0 Å². The highest BCUT2D eigenvalue weighted by molar-refractivity contribution is 7.13. The van der Waals surface area contributed by atoms with E-state index in [0.29, 0.717) is 6.04 Å². The summed E-state index contributed by atoms with van der Waals surface area (Å²) in [4.78, 5) is 7.91. The summed E-state index contributed by atoms with van der Waals surface area (Å²) in [6.07, 6.45) is 6.30. The van der Waals surface area contributed by atoms with Gasteiger partial charge in [-0.1, -0.05) is 12.5 Å². The molecular formula is C15H20N2O2S. The lowest BCUT2D eigenvalue weighted by Gasteiger charge is -2.34. The molecule has 108 valence electrons. The van der Waals surface area contributed by atoms with Crippen LogP contribution in [0, 0.1) is 0 Å². The predicted octanol–water partition coefficient (Wildman–Crippen LogP) is 3.14. The zero-order valence-electron chi connectivity index (χ0n) is 11.5. The van der Waals surface area contributed by atoms with Gasteiger partial charge in [0.1, 0.15) is 0 Å². The normalized spacial score (nSPS) is 20.4. The van der Waals surface area contributed by atoms with Gasteiger partial charge in [0.05, 0.1) is 17.6 Å². The van der Waals surface area contributed by atoms with Crippen LogP contribution in [0.3, 0.4) is 0 Å². The summed E-state index contributed by atoms with van der Waals surface area (Å²) >= 11 is 1.66. The maximum Gasteiger partial charge on any atom is 0.209 e. The molecule has 0 spiro atoms. The fourth-order valence-electron chi connectivity index (χ4n) is 2.83. The Bertz CT molecular complexity index is 522. The van der Waals surface area contributed by atoms with Crippen molar-refractivity contribution < 1.29 is 9.52 Å². The van der Waals surface area contributed by atoms with E-state index in [0.717, 1.165) is 36.0 Å². The number of hydrogen-bond donors (Lipinski definition) is 1. The second-order valence-electron chi connectivity index (χ2n) is 5.23. The van der Waals surface area contributed by atoms with Crippen LogP contribution >= 0.6 is 11.3 Å². The van der Waals surface area contributed by atoms with Gasteiger partial charge in [-0.05, 0) is 37.3 Å². The summed E-state index contributed by atoms with van der Waals surface area (Å²) in [5, 5.41) is 11.2. The van der Waals surface area contributed by atoms with Crippen molar-refractivity contribution in [2.24, 2.45) is 0 Å². The van der Waals surface area contributed by atoms with E-state index in [9.17, 15) is 0 Å². The molecule has 4 nitrogen and oxygen atoms in total. The minimum absolute atomic E-state index is 0.257. The predicted molar refractivity (Wildman–Crippen MR) is 79.6 cm³/mol. The molecular weight excluding hydrogens is 272 g/mol. The lowest BCUT2D eigenvalue weighted by molar-refractivity contribution is 0.103. The van der Waals surface area contributed by atoms with Crippen molar-refractivity contribution in [2.45, 2.75) is 38.3 Å². The highest BCUT2D eigenvalue weighted by Crippen LogP contribution is 2.27. The Balaban J connectivity index is 1.67. The minimum Gasteiger partial charge on any atom is -0.438 e. The standard InChI is InChI=1S/C15H20N2O2S/c18-8-6-12-4-1-2-7-17(12)11-15-16-10-13(19-15)14-5-3-9-20-14/h3,5,9-10,12,18H,1-2,4,6-8,11H2. The van der Waals surface area contributed by atoms with E-state index in [4.69, 9.17) is 9.52 Å². The summed E-state index contributed by atoms with van der Waals surface area (Å²) < 4.78 is 5.85. The van der Waals surface area contributed by atoms with Crippen LogP contribution in [0.25, 0.3) is 10.6 Å². The molecule has 0 aromatic carbocycles. The van der Waals surface area contributed by atoms with Crippen molar-refractivity contribution in [3.8, 4) is 10.6 Å². The number of thiophene rings is 1. The van der Waals surface area contributed by atoms with E-state index in [2.05, 4.69) is 9.88 Å². The van der Waals surface area contributed by atoms with Crippen molar-refractivity contribution in [3.05, 3.63) is 29.6 Å². The zero-order chi connectivity index (χ0) is 13.8. The maximum absolute atomic E-state index is 9.17. The second-order valence-corrected chi connectivity index (χ2v) is 6.18. The number of aliphatic hydroxyl groups excluding tert-OH is 1. The van der Waals surface area contributed by atoms with Gasteiger partial charge < -0.3 is 9.52 Å². The van der Waals surface area contributed by atoms with Crippen LogP contribution < -0.4 is 0 Å². The number of nitrogens with zero attached hydrogens (tertiary/aromatic N) is 2. The largest absolute Gasteiger partial charge is 0.438 e. The van der Waals surface area contributed by atoms with Crippen molar-refractivity contribution in [1.29, 1.82) is 0 Å². The van der Waals surface area contributed by atoms with Gasteiger partial charge in [-0.3, -0.25) is 4.90 Å². The Morgan fingerprint density at radius 2 is 2.40 bits per heavy atom. The summed E-state index contributed by atoms with van der Waals surface area (Å²) in [5.74, 6) is 1.63. The molecule has 20 heavy (non-hydrogen) atoms. The molecule has 1 unspecified atom stereocenters. The quantitative estimate of drug-likeness (QED) is 0.920. The monoisotopic (exact) mass is 292 g/mol. The van der Waals surface area contributed by atoms with Crippen molar-refractivity contribution in [1.82, 2.24) is 9.88 Å². The van der Waals surface area contributed by atoms with E-state index >= 15 is 0 Å². The number of likely N-dealkylation sites (tertiary alicyclic amines) is 1. The molecule has 0 radical (unpaired) electrons. The van der Waals surface area contributed by atoms with Gasteiger partial charge in [-0.25, -0.2) is 4.98 Å². The van der Waals surface area contributed by atoms with Crippen molar-refractivity contribution >= 4 is 11.3 Å². The molecule has 3 rings (SSSR count). The van der Waals surface area contributed by atoms with Crippen molar-refractivity contribution in [3.63, 3.8) is 0 Å². The molecule has 2 aromatic heterocycles. The molecule has 2 aromatic rings. The molecule has 1 aliphatic heterocycles. The average molecular weight is 292 g/mol. The Hall–Kier alpha value is -1.17. The Morgan fingerprint density at radius 1 is 1.45 bits per heavy atom. The third-order valence-corrected chi connectivity index (χ3v) is 4.75. The highest BCUT2D eigenvalue weighted by atomic mass is 32.1. The van der Waals surface area contributed by atoms with Gasteiger partial charge in [0.25, 0.3) is 0 Å². The minimum atomic E-state index is 0.257. The van der Waals surface area contributed by atoms with E-state index in [1.165, 1.54) is 19.3 Å². The van der Waals surface area contributed by atoms with Gasteiger partial charge in [-0.2, -0.15) is 0 Å². The topological polar surface area (TPSA) is 49.5 Å². The number of rotatable bonds is 5. The van der Waals surface area contributed by atoms with Crippen LogP contribution in [0.2, 0.25) is 0 Å². The molecule has 0 aliphatic carbocycles. The third-order valence-electron chi connectivity index (χ3n) is 3.87. The Kier molecular flexibility index (Phi) is 4.50. The first-order chi connectivity index (χ1) is 9.86. The van der Waals surface area contributed by atoms with E-state index in [1.54, 1.807) is 11.3 Å². The zero-order valence-corrected chi connectivity index (χ0v) is 12.3. The number of oxazole rings is 1. The molecule has 1 fully saturated rings. The van der Waals surface area contributed by atoms with E-state index in [-0.39, 0.29) is 6.61 Å². The van der Waals surface area contributed by atoms with Gasteiger partial charge in [0.2, 0.25) is 5.89 Å². The van der Waals surface area contributed by atoms with Crippen molar-refractivity contribution in [2.75, 3.05) is 13.2 Å². The fourth-order valence-corrected chi connectivity index (χ4v) is 3.51. The molecule has 5 heteroatoms. The van der Waals surface area contributed by atoms with Crippen LogP contribution in [0.15, 0.2) is 28.1 Å².